The summed E-state index contributed by atoms with van der Waals surface area (Å²) in [6.07, 6.45) is -0.454. The zero-order chi connectivity index (χ0) is 11.5. The Morgan fingerprint density at radius 1 is 1.50 bits per heavy atom. The van der Waals surface area contributed by atoms with Gasteiger partial charge in [0, 0.05) is 6.42 Å². The molecule has 1 heterocycles. The molecule has 1 aromatic carbocycles. The Bertz CT molecular complexity index is 436. The molecule has 0 aromatic heterocycles. The van der Waals surface area contributed by atoms with Gasteiger partial charge < -0.3 is 5.11 Å². The molecule has 0 spiro atoms. The average molecular weight is 218 g/mol. The van der Waals surface area contributed by atoms with Crippen molar-refractivity contribution in [1.29, 1.82) is 5.26 Å². The van der Waals surface area contributed by atoms with Crippen LogP contribution in [0.5, 0.6) is 0 Å². The van der Waals surface area contributed by atoms with Crippen LogP contribution in [0.3, 0.4) is 0 Å². The third-order valence-corrected chi connectivity index (χ3v) is 2.52. The molecule has 0 bridgehead atoms. The van der Waals surface area contributed by atoms with Crippen molar-refractivity contribution in [3.05, 3.63) is 35.4 Å². The van der Waals surface area contributed by atoms with Crippen LogP contribution in [0.25, 0.3) is 0 Å². The molecule has 1 aliphatic heterocycles. The molecule has 1 saturated heterocycles. The van der Waals surface area contributed by atoms with Gasteiger partial charge in [0.05, 0.1) is 24.3 Å². The molecular weight excluding hydrogens is 208 g/mol. The predicted octanol–water partition coefficient (Wildman–Crippen LogP) is 1.91. The molecule has 1 atom stereocenters. The van der Waals surface area contributed by atoms with Crippen molar-refractivity contribution < 1.29 is 14.7 Å². The van der Waals surface area contributed by atoms with Gasteiger partial charge in [-0.3, -0.25) is 4.84 Å². The quantitative estimate of drug-likeness (QED) is 0.781. The normalized spacial score (nSPS) is 19.4. The lowest BCUT2D eigenvalue weighted by Crippen LogP contribution is -2.27. The first kappa shape index (κ1) is 10.5. The Kier molecular flexibility index (Phi) is 2.75. The van der Waals surface area contributed by atoms with Crippen LogP contribution in [0.2, 0.25) is 0 Å². The number of hydroxylamine groups is 2. The lowest BCUT2D eigenvalue weighted by atomic mass is 10.0. The zero-order valence-corrected chi connectivity index (χ0v) is 8.46. The Labute approximate surface area is 92.4 Å². The Hall–Kier alpha value is -2.06. The molecule has 1 fully saturated rings. The highest BCUT2D eigenvalue weighted by atomic mass is 16.7. The Balaban J connectivity index is 2.23. The number of nitriles is 1. The average Bonchev–Trinajstić information content (AvgIpc) is 2.78. The van der Waals surface area contributed by atoms with Gasteiger partial charge >= 0.3 is 6.09 Å². The highest BCUT2D eigenvalue weighted by molar-refractivity contribution is 5.64. The number of benzene rings is 1. The Morgan fingerprint density at radius 3 is 2.75 bits per heavy atom. The van der Waals surface area contributed by atoms with Crippen molar-refractivity contribution in [3.63, 3.8) is 0 Å². The fourth-order valence-electron chi connectivity index (χ4n) is 1.74. The van der Waals surface area contributed by atoms with E-state index in [0.717, 1.165) is 10.6 Å². The third kappa shape index (κ3) is 1.83. The van der Waals surface area contributed by atoms with E-state index in [1.807, 2.05) is 6.07 Å². The van der Waals surface area contributed by atoms with Gasteiger partial charge in [0.2, 0.25) is 0 Å². The highest BCUT2D eigenvalue weighted by Gasteiger charge is 2.31. The minimum Gasteiger partial charge on any atom is -0.463 e. The van der Waals surface area contributed by atoms with Crippen molar-refractivity contribution in [2.75, 3.05) is 6.61 Å². The van der Waals surface area contributed by atoms with Gasteiger partial charge in [0.25, 0.3) is 0 Å². The van der Waals surface area contributed by atoms with E-state index in [-0.39, 0.29) is 6.04 Å². The predicted molar refractivity (Wildman–Crippen MR) is 54.3 cm³/mol. The van der Waals surface area contributed by atoms with Gasteiger partial charge in [-0.1, -0.05) is 12.1 Å². The van der Waals surface area contributed by atoms with Crippen molar-refractivity contribution in [1.82, 2.24) is 5.06 Å². The maximum absolute atomic E-state index is 10.9. The van der Waals surface area contributed by atoms with Crippen LogP contribution in [0.1, 0.15) is 23.6 Å². The number of carbonyl (C=O) groups is 1. The SMILES string of the molecule is N#Cc1ccc([C@@H]2CCON2C(=O)O)cc1. The number of carboxylic acid groups (broad SMARTS) is 1. The van der Waals surface area contributed by atoms with Crippen LogP contribution in [-0.2, 0) is 4.84 Å². The lowest BCUT2D eigenvalue weighted by molar-refractivity contribution is -0.104. The first-order valence-electron chi connectivity index (χ1n) is 4.87. The molecule has 1 aliphatic rings. The van der Waals surface area contributed by atoms with Crippen LogP contribution < -0.4 is 0 Å². The smallest absolute Gasteiger partial charge is 0.432 e. The van der Waals surface area contributed by atoms with Gasteiger partial charge in [-0.05, 0) is 17.7 Å². The zero-order valence-electron chi connectivity index (χ0n) is 8.46. The van der Waals surface area contributed by atoms with Crippen molar-refractivity contribution in [3.8, 4) is 6.07 Å². The van der Waals surface area contributed by atoms with Crippen molar-refractivity contribution in [2.24, 2.45) is 0 Å². The lowest BCUT2D eigenvalue weighted by Gasteiger charge is -2.19. The topological polar surface area (TPSA) is 73.6 Å². The van der Waals surface area contributed by atoms with Crippen LogP contribution in [0.4, 0.5) is 4.79 Å². The second-order valence-corrected chi connectivity index (χ2v) is 3.48. The number of nitrogens with zero attached hydrogens (tertiary/aromatic N) is 2. The van der Waals surface area contributed by atoms with Gasteiger partial charge in [-0.2, -0.15) is 10.3 Å². The molecule has 2 rings (SSSR count). The van der Waals surface area contributed by atoms with Gasteiger partial charge in [-0.25, -0.2) is 4.79 Å². The number of amides is 1. The monoisotopic (exact) mass is 218 g/mol. The number of rotatable bonds is 1. The fraction of sp³-hybridized carbons (Fsp3) is 0.273. The Morgan fingerprint density at radius 2 is 2.19 bits per heavy atom. The summed E-state index contributed by atoms with van der Waals surface area (Å²) < 4.78 is 0. The molecule has 0 radical (unpaired) electrons. The van der Waals surface area contributed by atoms with Crippen molar-refractivity contribution in [2.45, 2.75) is 12.5 Å². The summed E-state index contributed by atoms with van der Waals surface area (Å²) in [4.78, 5) is 15.9. The molecule has 0 saturated carbocycles. The summed E-state index contributed by atoms with van der Waals surface area (Å²) in [6, 6.07) is 8.61. The summed E-state index contributed by atoms with van der Waals surface area (Å²) in [5.74, 6) is 0. The molecule has 16 heavy (non-hydrogen) atoms. The van der Waals surface area contributed by atoms with Gasteiger partial charge in [-0.15, -0.1) is 0 Å². The molecule has 1 N–H and O–H groups in total. The standard InChI is InChI=1S/C11H10N2O3/c12-7-8-1-3-9(4-2-8)10-5-6-16-13(10)11(14)15/h1-4,10H,5-6H2,(H,14,15)/t10-/m0/s1. The van der Waals surface area contributed by atoms with E-state index in [1.165, 1.54) is 0 Å². The maximum atomic E-state index is 10.9. The summed E-state index contributed by atoms with van der Waals surface area (Å²) in [6.45, 7) is 0.400. The van der Waals surface area contributed by atoms with Crippen LogP contribution >= 0.6 is 0 Å². The van der Waals surface area contributed by atoms with E-state index in [2.05, 4.69) is 0 Å². The maximum Gasteiger partial charge on any atom is 0.432 e. The van der Waals surface area contributed by atoms with Crippen LogP contribution in [0, 0.1) is 11.3 Å². The largest absolute Gasteiger partial charge is 0.463 e. The van der Waals surface area contributed by atoms with Gasteiger partial charge in [0.15, 0.2) is 0 Å². The number of hydrogen-bond donors (Lipinski definition) is 1. The molecule has 82 valence electrons. The molecule has 5 heteroatoms. The van der Waals surface area contributed by atoms with Crippen LogP contribution in [-0.4, -0.2) is 22.9 Å². The highest BCUT2D eigenvalue weighted by Crippen LogP contribution is 2.30. The summed E-state index contributed by atoms with van der Waals surface area (Å²) in [7, 11) is 0. The molecule has 1 amide bonds. The molecule has 0 aliphatic carbocycles. The minimum absolute atomic E-state index is 0.273. The number of hydrogen-bond acceptors (Lipinski definition) is 3. The van der Waals surface area contributed by atoms with Gasteiger partial charge in [0.1, 0.15) is 0 Å². The molecule has 5 nitrogen and oxygen atoms in total. The molecule has 1 aromatic rings. The first-order chi connectivity index (χ1) is 7.72. The van der Waals surface area contributed by atoms with E-state index in [4.69, 9.17) is 15.2 Å². The molecule has 0 unspecified atom stereocenters. The van der Waals surface area contributed by atoms with E-state index < -0.39 is 6.09 Å². The van der Waals surface area contributed by atoms with E-state index in [9.17, 15) is 4.79 Å². The summed E-state index contributed by atoms with van der Waals surface area (Å²) in [5.41, 5.74) is 1.41. The second-order valence-electron chi connectivity index (χ2n) is 3.48. The minimum atomic E-state index is -1.09. The summed E-state index contributed by atoms with van der Waals surface area (Å²) in [5, 5.41) is 18.5. The first-order valence-corrected chi connectivity index (χ1v) is 4.87. The molecular formula is C11H10N2O3. The van der Waals surface area contributed by atoms with E-state index >= 15 is 0 Å². The van der Waals surface area contributed by atoms with Crippen LogP contribution in [0.15, 0.2) is 24.3 Å². The van der Waals surface area contributed by atoms with E-state index in [0.29, 0.717) is 18.6 Å². The summed E-state index contributed by atoms with van der Waals surface area (Å²) >= 11 is 0. The fourth-order valence-corrected chi connectivity index (χ4v) is 1.74. The second kappa shape index (κ2) is 4.21. The van der Waals surface area contributed by atoms with E-state index in [1.54, 1.807) is 24.3 Å². The van der Waals surface area contributed by atoms with Crippen molar-refractivity contribution >= 4 is 6.09 Å². The third-order valence-electron chi connectivity index (χ3n) is 2.52.